The Morgan fingerprint density at radius 2 is 2.25 bits per heavy atom. The van der Waals surface area contributed by atoms with Crippen molar-refractivity contribution in [2.45, 2.75) is 44.4 Å². The zero-order valence-corrected chi connectivity index (χ0v) is 14.9. The minimum atomic E-state index is 0.0353. The first-order valence-corrected chi connectivity index (χ1v) is 9.74. The lowest BCUT2D eigenvalue weighted by molar-refractivity contribution is -0.122. The number of amides is 1. The lowest BCUT2D eigenvalue weighted by atomic mass is 9.80. The molecule has 5 nitrogen and oxygen atoms in total. The Hall–Kier alpha value is -1.82. The van der Waals surface area contributed by atoms with Crippen LogP contribution in [0, 0.1) is 5.92 Å². The predicted octanol–water partition coefficient (Wildman–Crippen LogP) is 3.31. The summed E-state index contributed by atoms with van der Waals surface area (Å²) in [6.07, 6.45) is 5.03. The van der Waals surface area contributed by atoms with Crippen LogP contribution in [0.25, 0.3) is 0 Å². The number of aryl methyl sites for hydroxylation is 2. The predicted molar refractivity (Wildman–Crippen MR) is 94.6 cm³/mol. The lowest BCUT2D eigenvalue weighted by Gasteiger charge is -2.32. The number of rotatable bonds is 6. The molecular formula is C18H23N3O2S. The van der Waals surface area contributed by atoms with Crippen LogP contribution in [-0.4, -0.2) is 22.3 Å². The van der Waals surface area contributed by atoms with Gasteiger partial charge >= 0.3 is 0 Å². The van der Waals surface area contributed by atoms with Crippen LogP contribution in [0.15, 0.2) is 28.8 Å². The fourth-order valence-electron chi connectivity index (χ4n) is 3.19. The van der Waals surface area contributed by atoms with Gasteiger partial charge in [-0.1, -0.05) is 36.3 Å². The molecule has 1 aromatic heterocycles. The van der Waals surface area contributed by atoms with Crippen molar-refractivity contribution in [1.82, 2.24) is 15.5 Å². The van der Waals surface area contributed by atoms with Crippen molar-refractivity contribution in [3.05, 3.63) is 47.1 Å². The van der Waals surface area contributed by atoms with Crippen molar-refractivity contribution in [3.63, 3.8) is 0 Å². The highest BCUT2D eigenvalue weighted by Crippen LogP contribution is 2.34. The van der Waals surface area contributed by atoms with Crippen molar-refractivity contribution in [2.24, 2.45) is 5.92 Å². The summed E-state index contributed by atoms with van der Waals surface area (Å²) in [4.78, 5) is 16.7. The number of benzene rings is 1. The molecular weight excluding hydrogens is 322 g/mol. The van der Waals surface area contributed by atoms with Gasteiger partial charge in [0, 0.05) is 12.8 Å². The van der Waals surface area contributed by atoms with Crippen LogP contribution >= 0.6 is 11.8 Å². The van der Waals surface area contributed by atoms with E-state index in [1.807, 2.05) is 12.3 Å². The minimum absolute atomic E-state index is 0.0353. The largest absolute Gasteiger partial charge is 0.349 e. The number of carbonyl (C=O) groups is 1. The molecule has 3 rings (SSSR count). The van der Waals surface area contributed by atoms with Gasteiger partial charge in [0.1, 0.15) is 0 Å². The monoisotopic (exact) mass is 345 g/mol. The number of aromatic nitrogens is 2. The SMILES string of the molecule is CSCc1noc(CCC(=O)NC2c3ccccc3CCC2C)n1. The molecule has 1 amide bonds. The molecule has 0 fully saturated rings. The summed E-state index contributed by atoms with van der Waals surface area (Å²) in [5.41, 5.74) is 2.60. The van der Waals surface area contributed by atoms with Gasteiger partial charge < -0.3 is 9.84 Å². The standard InChI is InChI=1S/C18H23N3O2S/c1-12-7-8-13-5-3-4-6-14(13)18(12)20-16(22)9-10-17-19-15(11-24-2)21-23-17/h3-6,12,18H,7-11H2,1-2H3,(H,20,22). The quantitative estimate of drug-likeness (QED) is 0.870. The van der Waals surface area contributed by atoms with E-state index in [4.69, 9.17) is 4.52 Å². The number of fused-ring (bicyclic) bond motifs is 1. The molecule has 2 unspecified atom stereocenters. The van der Waals surface area contributed by atoms with E-state index in [1.54, 1.807) is 11.8 Å². The molecule has 0 spiro atoms. The molecule has 0 radical (unpaired) electrons. The Morgan fingerprint density at radius 3 is 3.08 bits per heavy atom. The van der Waals surface area contributed by atoms with E-state index >= 15 is 0 Å². The minimum Gasteiger partial charge on any atom is -0.349 e. The number of hydrogen-bond donors (Lipinski definition) is 1. The Balaban J connectivity index is 1.58. The lowest BCUT2D eigenvalue weighted by Crippen LogP contribution is -2.35. The van der Waals surface area contributed by atoms with Crippen molar-refractivity contribution in [1.29, 1.82) is 0 Å². The molecule has 128 valence electrons. The maximum atomic E-state index is 12.4. The highest BCUT2D eigenvalue weighted by atomic mass is 32.2. The van der Waals surface area contributed by atoms with E-state index < -0.39 is 0 Å². The maximum absolute atomic E-state index is 12.4. The first-order valence-electron chi connectivity index (χ1n) is 8.35. The number of nitrogens with zero attached hydrogens (tertiary/aromatic N) is 2. The molecule has 1 heterocycles. The van der Waals surface area contributed by atoms with E-state index in [0.29, 0.717) is 30.5 Å². The highest BCUT2D eigenvalue weighted by Gasteiger charge is 2.27. The second kappa shape index (κ2) is 7.83. The van der Waals surface area contributed by atoms with E-state index in [0.717, 1.165) is 18.6 Å². The maximum Gasteiger partial charge on any atom is 0.227 e. The summed E-state index contributed by atoms with van der Waals surface area (Å²) >= 11 is 1.65. The average Bonchev–Trinajstić information content (AvgIpc) is 3.04. The third-order valence-electron chi connectivity index (χ3n) is 4.49. The highest BCUT2D eigenvalue weighted by molar-refractivity contribution is 7.97. The molecule has 0 aliphatic heterocycles. The van der Waals surface area contributed by atoms with Crippen LogP contribution in [-0.2, 0) is 23.4 Å². The zero-order chi connectivity index (χ0) is 16.9. The molecule has 0 saturated heterocycles. The van der Waals surface area contributed by atoms with Crippen LogP contribution in [0.1, 0.15) is 48.6 Å². The van der Waals surface area contributed by atoms with E-state index in [-0.39, 0.29) is 11.9 Å². The van der Waals surface area contributed by atoms with Crippen molar-refractivity contribution in [3.8, 4) is 0 Å². The average molecular weight is 345 g/mol. The summed E-state index contributed by atoms with van der Waals surface area (Å²) in [6.45, 7) is 2.20. The first kappa shape index (κ1) is 17.0. The smallest absolute Gasteiger partial charge is 0.227 e. The Morgan fingerprint density at radius 1 is 1.42 bits per heavy atom. The van der Waals surface area contributed by atoms with E-state index in [9.17, 15) is 4.79 Å². The number of nitrogens with one attached hydrogen (secondary N) is 1. The van der Waals surface area contributed by atoms with Gasteiger partial charge in [0.2, 0.25) is 11.8 Å². The van der Waals surface area contributed by atoms with Gasteiger partial charge in [-0.15, -0.1) is 0 Å². The Bertz CT molecular complexity index is 701. The van der Waals surface area contributed by atoms with Crippen LogP contribution in [0.3, 0.4) is 0 Å². The number of hydrogen-bond acceptors (Lipinski definition) is 5. The van der Waals surface area contributed by atoms with Gasteiger partial charge in [-0.3, -0.25) is 4.79 Å². The normalized spacial score (nSPS) is 19.8. The molecule has 1 aromatic carbocycles. The van der Waals surface area contributed by atoms with Gasteiger partial charge in [-0.2, -0.15) is 16.7 Å². The first-order chi connectivity index (χ1) is 11.7. The summed E-state index contributed by atoms with van der Waals surface area (Å²) in [5, 5.41) is 7.10. The second-order valence-electron chi connectivity index (χ2n) is 6.30. The fourth-order valence-corrected chi connectivity index (χ4v) is 3.56. The fraction of sp³-hybridized carbons (Fsp3) is 0.500. The molecule has 2 atom stereocenters. The third-order valence-corrected chi connectivity index (χ3v) is 5.04. The number of carbonyl (C=O) groups excluding carboxylic acids is 1. The van der Waals surface area contributed by atoms with Gasteiger partial charge in [0.05, 0.1) is 11.8 Å². The summed E-state index contributed by atoms with van der Waals surface area (Å²) in [7, 11) is 0. The molecule has 2 aromatic rings. The summed E-state index contributed by atoms with van der Waals surface area (Å²) in [5.74, 6) is 2.43. The summed E-state index contributed by atoms with van der Waals surface area (Å²) in [6, 6.07) is 8.49. The Labute approximate surface area is 146 Å². The molecule has 1 aliphatic rings. The van der Waals surface area contributed by atoms with Crippen LogP contribution in [0.4, 0.5) is 0 Å². The van der Waals surface area contributed by atoms with E-state index in [1.165, 1.54) is 11.1 Å². The number of thioether (sulfide) groups is 1. The van der Waals surface area contributed by atoms with Gasteiger partial charge in [0.25, 0.3) is 0 Å². The zero-order valence-electron chi connectivity index (χ0n) is 14.1. The van der Waals surface area contributed by atoms with Gasteiger partial charge in [0.15, 0.2) is 5.82 Å². The van der Waals surface area contributed by atoms with Gasteiger partial charge in [-0.05, 0) is 36.1 Å². The van der Waals surface area contributed by atoms with Crippen LogP contribution < -0.4 is 5.32 Å². The molecule has 0 saturated carbocycles. The Kier molecular flexibility index (Phi) is 5.56. The van der Waals surface area contributed by atoms with Crippen molar-refractivity contribution in [2.75, 3.05) is 6.26 Å². The van der Waals surface area contributed by atoms with Gasteiger partial charge in [-0.25, -0.2) is 0 Å². The van der Waals surface area contributed by atoms with Crippen molar-refractivity contribution >= 4 is 17.7 Å². The van der Waals surface area contributed by atoms with E-state index in [2.05, 4.69) is 40.6 Å². The third kappa shape index (κ3) is 3.98. The molecule has 1 aliphatic carbocycles. The molecule has 24 heavy (non-hydrogen) atoms. The van der Waals surface area contributed by atoms with Crippen molar-refractivity contribution < 1.29 is 9.32 Å². The molecule has 0 bridgehead atoms. The second-order valence-corrected chi connectivity index (χ2v) is 7.16. The topological polar surface area (TPSA) is 68.0 Å². The van der Waals surface area contributed by atoms with Crippen LogP contribution in [0.2, 0.25) is 0 Å². The summed E-state index contributed by atoms with van der Waals surface area (Å²) < 4.78 is 5.18. The molecule has 1 N–H and O–H groups in total. The van der Waals surface area contributed by atoms with Crippen LogP contribution in [0.5, 0.6) is 0 Å². The molecule has 6 heteroatoms.